The molecule has 0 fully saturated rings. The van der Waals surface area contributed by atoms with Crippen molar-refractivity contribution in [2.75, 3.05) is 17.2 Å². The van der Waals surface area contributed by atoms with Gasteiger partial charge in [0.2, 0.25) is 5.95 Å². The van der Waals surface area contributed by atoms with Crippen LogP contribution < -0.4 is 10.6 Å². The minimum absolute atomic E-state index is 0.275. The van der Waals surface area contributed by atoms with Gasteiger partial charge < -0.3 is 10.6 Å². The highest BCUT2D eigenvalue weighted by molar-refractivity contribution is 9.10. The van der Waals surface area contributed by atoms with Gasteiger partial charge in [0.25, 0.3) is 5.91 Å². The molecule has 2 N–H and O–H groups in total. The third-order valence-electron chi connectivity index (χ3n) is 2.92. The molecule has 22 heavy (non-hydrogen) atoms. The predicted octanol–water partition coefficient (Wildman–Crippen LogP) is 3.71. The maximum Gasteiger partial charge on any atom is 0.274 e. The number of rotatable bonds is 5. The fraction of sp³-hybridized carbons (Fsp3) is 0.188. The molecule has 1 amide bonds. The van der Waals surface area contributed by atoms with E-state index in [1.165, 1.54) is 0 Å². The van der Waals surface area contributed by atoms with Gasteiger partial charge >= 0.3 is 0 Å². The van der Waals surface area contributed by atoms with Crippen LogP contribution in [0, 0.1) is 13.8 Å². The van der Waals surface area contributed by atoms with Crippen LogP contribution >= 0.6 is 15.9 Å². The van der Waals surface area contributed by atoms with Gasteiger partial charge in [0.15, 0.2) is 0 Å². The van der Waals surface area contributed by atoms with E-state index in [0.29, 0.717) is 23.9 Å². The van der Waals surface area contributed by atoms with Gasteiger partial charge in [-0.3, -0.25) is 4.79 Å². The summed E-state index contributed by atoms with van der Waals surface area (Å²) < 4.78 is 0.942. The van der Waals surface area contributed by atoms with E-state index in [4.69, 9.17) is 0 Å². The highest BCUT2D eigenvalue weighted by Gasteiger charge is 2.11. The molecule has 6 heteroatoms. The summed E-state index contributed by atoms with van der Waals surface area (Å²) in [5.41, 5.74) is 2.85. The number of anilines is 2. The molecule has 5 nitrogen and oxygen atoms in total. The molecule has 1 aromatic carbocycles. The molecule has 0 aliphatic rings. The van der Waals surface area contributed by atoms with Crippen LogP contribution in [0.5, 0.6) is 0 Å². The predicted molar refractivity (Wildman–Crippen MR) is 92.3 cm³/mol. The number of aryl methyl sites for hydroxylation is 2. The maximum absolute atomic E-state index is 12.3. The topological polar surface area (TPSA) is 66.9 Å². The first-order chi connectivity index (χ1) is 10.5. The Bertz CT molecular complexity index is 715. The lowest BCUT2D eigenvalue weighted by molar-refractivity contribution is 0.102. The lowest BCUT2D eigenvalue weighted by atomic mass is 10.2. The zero-order valence-electron chi connectivity index (χ0n) is 12.5. The molecule has 0 saturated carbocycles. The highest BCUT2D eigenvalue weighted by atomic mass is 79.9. The molecular formula is C16H17BrN4O. The fourth-order valence-corrected chi connectivity index (χ4v) is 2.17. The Morgan fingerprint density at radius 3 is 2.77 bits per heavy atom. The lowest BCUT2D eigenvalue weighted by Gasteiger charge is -2.09. The van der Waals surface area contributed by atoms with Gasteiger partial charge in [-0.15, -0.1) is 6.58 Å². The Morgan fingerprint density at radius 2 is 2.09 bits per heavy atom. The Kier molecular flexibility index (Phi) is 5.27. The second-order valence-corrected chi connectivity index (χ2v) is 5.66. The molecule has 0 radical (unpaired) electrons. The molecular weight excluding hydrogens is 344 g/mol. The minimum Gasteiger partial charge on any atom is -0.351 e. The number of nitrogens with zero attached hydrogens (tertiary/aromatic N) is 2. The molecule has 0 atom stereocenters. The second kappa shape index (κ2) is 7.17. The van der Waals surface area contributed by atoms with Crippen LogP contribution in [0.1, 0.15) is 21.7 Å². The van der Waals surface area contributed by atoms with Crippen LogP contribution in [0.2, 0.25) is 0 Å². The monoisotopic (exact) mass is 360 g/mol. The van der Waals surface area contributed by atoms with E-state index in [1.54, 1.807) is 12.1 Å². The largest absolute Gasteiger partial charge is 0.351 e. The van der Waals surface area contributed by atoms with E-state index in [1.807, 2.05) is 32.0 Å². The second-order valence-electron chi connectivity index (χ2n) is 4.81. The first-order valence-electron chi connectivity index (χ1n) is 6.77. The first kappa shape index (κ1) is 16.2. The first-order valence-corrected chi connectivity index (χ1v) is 7.57. The molecule has 0 unspecified atom stereocenters. The summed E-state index contributed by atoms with van der Waals surface area (Å²) in [5, 5.41) is 5.81. The number of aromatic nitrogens is 2. The maximum atomic E-state index is 12.3. The van der Waals surface area contributed by atoms with E-state index in [0.717, 1.165) is 15.7 Å². The van der Waals surface area contributed by atoms with Crippen LogP contribution in [0.25, 0.3) is 0 Å². The number of carbonyl (C=O) groups is 1. The Labute approximate surface area is 138 Å². The molecule has 0 saturated heterocycles. The summed E-state index contributed by atoms with van der Waals surface area (Å²) in [7, 11) is 0. The average Bonchev–Trinajstić information content (AvgIpc) is 2.48. The van der Waals surface area contributed by atoms with Gasteiger partial charge in [0.05, 0.1) is 0 Å². The third kappa shape index (κ3) is 4.14. The summed E-state index contributed by atoms with van der Waals surface area (Å²) in [6, 6.07) is 7.29. The SMILES string of the molecule is C=CCNc1nc(C)cc(C(=O)Nc2ccc(C)c(Br)c2)n1. The highest BCUT2D eigenvalue weighted by Crippen LogP contribution is 2.21. The number of halogens is 1. The van der Waals surface area contributed by atoms with Crippen molar-refractivity contribution in [2.24, 2.45) is 0 Å². The van der Waals surface area contributed by atoms with E-state index >= 15 is 0 Å². The minimum atomic E-state index is -0.275. The van der Waals surface area contributed by atoms with E-state index in [-0.39, 0.29) is 5.91 Å². The van der Waals surface area contributed by atoms with Crippen LogP contribution in [0.3, 0.4) is 0 Å². The summed E-state index contributed by atoms with van der Waals surface area (Å²) in [5.74, 6) is 0.137. The molecule has 1 heterocycles. The van der Waals surface area contributed by atoms with Crippen molar-refractivity contribution >= 4 is 33.5 Å². The van der Waals surface area contributed by atoms with Crippen molar-refractivity contribution in [1.82, 2.24) is 9.97 Å². The van der Waals surface area contributed by atoms with Gasteiger partial charge in [-0.2, -0.15) is 0 Å². The summed E-state index contributed by atoms with van der Waals surface area (Å²) in [6.45, 7) is 7.97. The van der Waals surface area contributed by atoms with Crippen molar-refractivity contribution < 1.29 is 4.79 Å². The number of hydrogen-bond donors (Lipinski definition) is 2. The standard InChI is InChI=1S/C16H17BrN4O/c1-4-7-18-16-19-11(3)8-14(21-16)15(22)20-12-6-5-10(2)13(17)9-12/h4-6,8-9H,1,7H2,2-3H3,(H,20,22)(H,18,19,21). The Hall–Kier alpha value is -2.21. The quantitative estimate of drug-likeness (QED) is 0.797. The zero-order chi connectivity index (χ0) is 16.1. The molecule has 0 bridgehead atoms. The van der Waals surface area contributed by atoms with Gasteiger partial charge in [-0.25, -0.2) is 9.97 Å². The van der Waals surface area contributed by atoms with Crippen molar-refractivity contribution in [3.05, 3.63) is 58.3 Å². The number of amides is 1. The summed E-state index contributed by atoms with van der Waals surface area (Å²) >= 11 is 3.45. The molecule has 0 aliphatic heterocycles. The van der Waals surface area contributed by atoms with Crippen LogP contribution in [0.15, 0.2) is 41.4 Å². The van der Waals surface area contributed by atoms with Gasteiger partial charge in [-0.05, 0) is 37.6 Å². The summed E-state index contributed by atoms with van der Waals surface area (Å²) in [6.07, 6.45) is 1.70. The van der Waals surface area contributed by atoms with E-state index in [9.17, 15) is 4.79 Å². The number of benzene rings is 1. The molecule has 1 aromatic heterocycles. The smallest absolute Gasteiger partial charge is 0.274 e. The van der Waals surface area contributed by atoms with Crippen molar-refractivity contribution in [3.8, 4) is 0 Å². The molecule has 2 rings (SSSR count). The Morgan fingerprint density at radius 1 is 1.32 bits per heavy atom. The van der Waals surface area contributed by atoms with Crippen LogP contribution in [-0.4, -0.2) is 22.4 Å². The Balaban J connectivity index is 2.19. The van der Waals surface area contributed by atoms with Crippen molar-refractivity contribution in [3.63, 3.8) is 0 Å². The molecule has 2 aromatic rings. The molecule has 114 valence electrons. The number of hydrogen-bond acceptors (Lipinski definition) is 4. The fourth-order valence-electron chi connectivity index (χ4n) is 1.79. The van der Waals surface area contributed by atoms with Crippen LogP contribution in [0.4, 0.5) is 11.6 Å². The number of nitrogens with one attached hydrogen (secondary N) is 2. The number of carbonyl (C=O) groups excluding carboxylic acids is 1. The normalized spacial score (nSPS) is 10.1. The summed E-state index contributed by atoms with van der Waals surface area (Å²) in [4.78, 5) is 20.8. The van der Waals surface area contributed by atoms with E-state index < -0.39 is 0 Å². The molecule has 0 aliphatic carbocycles. The van der Waals surface area contributed by atoms with Gasteiger partial charge in [-0.1, -0.05) is 28.1 Å². The van der Waals surface area contributed by atoms with Crippen LogP contribution in [-0.2, 0) is 0 Å². The molecule has 0 spiro atoms. The van der Waals surface area contributed by atoms with Gasteiger partial charge in [0, 0.05) is 22.4 Å². The zero-order valence-corrected chi connectivity index (χ0v) is 14.1. The van der Waals surface area contributed by atoms with Crippen molar-refractivity contribution in [2.45, 2.75) is 13.8 Å². The van der Waals surface area contributed by atoms with E-state index in [2.05, 4.69) is 43.1 Å². The average molecular weight is 361 g/mol. The lowest BCUT2D eigenvalue weighted by Crippen LogP contribution is -2.16. The third-order valence-corrected chi connectivity index (χ3v) is 3.78. The van der Waals surface area contributed by atoms with Gasteiger partial charge in [0.1, 0.15) is 5.69 Å². The van der Waals surface area contributed by atoms with Crippen molar-refractivity contribution in [1.29, 1.82) is 0 Å².